The largest absolute Gasteiger partial charge is 0.513 e. The van der Waals surface area contributed by atoms with Crippen molar-refractivity contribution in [2.24, 2.45) is 5.92 Å². The molecule has 0 bridgehead atoms. The van der Waals surface area contributed by atoms with Crippen molar-refractivity contribution < 1.29 is 28.7 Å². The second-order valence-electron chi connectivity index (χ2n) is 8.42. The van der Waals surface area contributed by atoms with Gasteiger partial charge in [0.25, 0.3) is 5.91 Å². The predicted octanol–water partition coefficient (Wildman–Crippen LogP) is 2.20. The van der Waals surface area contributed by atoms with E-state index in [1.54, 1.807) is 24.0 Å². The van der Waals surface area contributed by atoms with E-state index in [0.29, 0.717) is 43.8 Å². The first-order valence-electron chi connectivity index (χ1n) is 11.1. The van der Waals surface area contributed by atoms with Gasteiger partial charge < -0.3 is 24.6 Å². The van der Waals surface area contributed by atoms with Crippen molar-refractivity contribution in [2.75, 3.05) is 26.2 Å². The van der Waals surface area contributed by atoms with Crippen molar-refractivity contribution in [1.29, 1.82) is 0 Å². The zero-order chi connectivity index (χ0) is 23.3. The SMILES string of the molecule is CCOC(=O)Oc1ccc(C(=O)NC2CCN(C(=O)C3CC(=O)N(C(C)C)C3)CC2)cc1. The zero-order valence-electron chi connectivity index (χ0n) is 18.8. The Bertz CT molecular complexity index is 846. The molecule has 0 aliphatic carbocycles. The van der Waals surface area contributed by atoms with Crippen molar-refractivity contribution in [1.82, 2.24) is 15.1 Å². The maximum Gasteiger partial charge on any atom is 0.513 e. The van der Waals surface area contributed by atoms with Crippen LogP contribution < -0.4 is 10.1 Å². The summed E-state index contributed by atoms with van der Waals surface area (Å²) in [6, 6.07) is 6.32. The van der Waals surface area contributed by atoms with Crippen LogP contribution in [0.3, 0.4) is 0 Å². The van der Waals surface area contributed by atoms with E-state index in [9.17, 15) is 19.2 Å². The number of nitrogens with one attached hydrogen (secondary N) is 1. The number of likely N-dealkylation sites (tertiary alicyclic amines) is 2. The monoisotopic (exact) mass is 445 g/mol. The number of amides is 3. The fourth-order valence-corrected chi connectivity index (χ4v) is 4.09. The third-order valence-corrected chi connectivity index (χ3v) is 5.85. The molecule has 2 heterocycles. The van der Waals surface area contributed by atoms with Crippen LogP contribution >= 0.6 is 0 Å². The summed E-state index contributed by atoms with van der Waals surface area (Å²) >= 11 is 0. The van der Waals surface area contributed by atoms with Gasteiger partial charge in [-0.1, -0.05) is 0 Å². The van der Waals surface area contributed by atoms with Gasteiger partial charge in [0, 0.05) is 43.7 Å². The van der Waals surface area contributed by atoms with E-state index in [1.165, 1.54) is 12.1 Å². The average Bonchev–Trinajstić information content (AvgIpc) is 3.16. The van der Waals surface area contributed by atoms with Crippen molar-refractivity contribution in [3.05, 3.63) is 29.8 Å². The molecule has 9 heteroatoms. The first-order chi connectivity index (χ1) is 15.3. The van der Waals surface area contributed by atoms with Gasteiger partial charge in [-0.15, -0.1) is 0 Å². The molecule has 1 aromatic rings. The van der Waals surface area contributed by atoms with Gasteiger partial charge in [-0.3, -0.25) is 14.4 Å². The Morgan fingerprint density at radius 3 is 2.34 bits per heavy atom. The molecular weight excluding hydrogens is 414 g/mol. The van der Waals surface area contributed by atoms with Crippen LogP contribution in [0.5, 0.6) is 5.75 Å². The van der Waals surface area contributed by atoms with Crippen LogP contribution in [0.4, 0.5) is 4.79 Å². The van der Waals surface area contributed by atoms with Crippen molar-refractivity contribution in [3.63, 3.8) is 0 Å². The highest BCUT2D eigenvalue weighted by Crippen LogP contribution is 2.24. The molecule has 1 aromatic carbocycles. The number of ether oxygens (including phenoxy) is 2. The molecule has 1 N–H and O–H groups in total. The lowest BCUT2D eigenvalue weighted by atomic mass is 10.0. The number of hydrogen-bond donors (Lipinski definition) is 1. The van der Waals surface area contributed by atoms with Gasteiger partial charge in [0.05, 0.1) is 12.5 Å². The number of carbonyl (C=O) groups is 4. The van der Waals surface area contributed by atoms with Crippen molar-refractivity contribution >= 4 is 23.9 Å². The fraction of sp³-hybridized carbons (Fsp3) is 0.565. The fourth-order valence-electron chi connectivity index (χ4n) is 4.09. The lowest BCUT2D eigenvalue weighted by Crippen LogP contribution is -2.48. The first-order valence-corrected chi connectivity index (χ1v) is 11.1. The van der Waals surface area contributed by atoms with Crippen LogP contribution in [0.15, 0.2) is 24.3 Å². The van der Waals surface area contributed by atoms with E-state index in [2.05, 4.69) is 5.32 Å². The molecule has 0 spiro atoms. The van der Waals surface area contributed by atoms with Crippen LogP contribution in [0.25, 0.3) is 0 Å². The van der Waals surface area contributed by atoms with Gasteiger partial charge in [0.2, 0.25) is 11.8 Å². The molecule has 2 fully saturated rings. The molecule has 0 aromatic heterocycles. The minimum Gasteiger partial charge on any atom is -0.434 e. The molecule has 0 saturated carbocycles. The van der Waals surface area contributed by atoms with Crippen molar-refractivity contribution in [2.45, 2.75) is 52.1 Å². The lowest BCUT2D eigenvalue weighted by molar-refractivity contribution is -0.136. The standard InChI is InChI=1S/C23H31N3O6/c1-4-31-23(30)32-19-7-5-16(6-8-19)21(28)24-18-9-11-25(12-10-18)22(29)17-13-20(27)26(14-17)15(2)3/h5-8,15,17-18H,4,9-14H2,1-3H3,(H,24,28). The van der Waals surface area contributed by atoms with E-state index in [4.69, 9.17) is 9.47 Å². The molecule has 1 atom stereocenters. The smallest absolute Gasteiger partial charge is 0.434 e. The highest BCUT2D eigenvalue weighted by atomic mass is 16.7. The lowest BCUT2D eigenvalue weighted by Gasteiger charge is -2.34. The predicted molar refractivity (Wildman–Crippen MR) is 116 cm³/mol. The van der Waals surface area contributed by atoms with E-state index < -0.39 is 6.16 Å². The first kappa shape index (κ1) is 23.6. The summed E-state index contributed by atoms with van der Waals surface area (Å²) in [6.45, 7) is 7.43. The van der Waals surface area contributed by atoms with Gasteiger partial charge in [-0.05, 0) is 57.9 Å². The minimum absolute atomic E-state index is 0.0284. The zero-order valence-corrected chi connectivity index (χ0v) is 18.8. The molecular formula is C23H31N3O6. The highest BCUT2D eigenvalue weighted by Gasteiger charge is 2.38. The molecule has 3 rings (SSSR count). The molecule has 32 heavy (non-hydrogen) atoms. The number of hydrogen-bond acceptors (Lipinski definition) is 6. The van der Waals surface area contributed by atoms with E-state index in [1.807, 2.05) is 18.7 Å². The van der Waals surface area contributed by atoms with Gasteiger partial charge in [-0.25, -0.2) is 4.79 Å². The number of piperidine rings is 1. The quantitative estimate of drug-likeness (QED) is 0.532. The third-order valence-electron chi connectivity index (χ3n) is 5.85. The van der Waals surface area contributed by atoms with Crippen LogP contribution in [0.2, 0.25) is 0 Å². The van der Waals surface area contributed by atoms with Crippen LogP contribution in [-0.2, 0) is 14.3 Å². The molecule has 1 unspecified atom stereocenters. The number of benzene rings is 1. The second-order valence-corrected chi connectivity index (χ2v) is 8.42. The summed E-state index contributed by atoms with van der Waals surface area (Å²) in [5.41, 5.74) is 0.456. The van der Waals surface area contributed by atoms with E-state index >= 15 is 0 Å². The maximum absolute atomic E-state index is 12.8. The highest BCUT2D eigenvalue weighted by molar-refractivity contribution is 5.94. The summed E-state index contributed by atoms with van der Waals surface area (Å²) in [5.74, 6) is -0.117. The molecule has 9 nitrogen and oxygen atoms in total. The summed E-state index contributed by atoms with van der Waals surface area (Å²) in [4.78, 5) is 52.4. The number of rotatable bonds is 6. The molecule has 3 amide bonds. The molecule has 2 aliphatic rings. The molecule has 2 saturated heterocycles. The molecule has 174 valence electrons. The minimum atomic E-state index is -0.787. The van der Waals surface area contributed by atoms with Crippen LogP contribution in [0, 0.1) is 5.92 Å². The van der Waals surface area contributed by atoms with Gasteiger partial charge in [-0.2, -0.15) is 0 Å². The third kappa shape index (κ3) is 5.77. The van der Waals surface area contributed by atoms with Crippen molar-refractivity contribution in [3.8, 4) is 5.75 Å². The van der Waals surface area contributed by atoms with E-state index in [0.717, 1.165) is 0 Å². The Labute approximate surface area is 188 Å². The summed E-state index contributed by atoms with van der Waals surface area (Å²) in [5, 5.41) is 3.00. The Balaban J connectivity index is 1.45. The van der Waals surface area contributed by atoms with Crippen LogP contribution in [-0.4, -0.2) is 72.0 Å². The Morgan fingerprint density at radius 1 is 1.12 bits per heavy atom. The molecule has 2 aliphatic heterocycles. The van der Waals surface area contributed by atoms with Gasteiger partial charge in [0.1, 0.15) is 5.75 Å². The Kier molecular flexibility index (Phi) is 7.71. The topological polar surface area (TPSA) is 105 Å². The maximum atomic E-state index is 12.8. The second kappa shape index (κ2) is 10.5. The molecule has 0 radical (unpaired) electrons. The van der Waals surface area contributed by atoms with E-state index in [-0.39, 0.29) is 48.8 Å². The Hall–Kier alpha value is -3.10. The summed E-state index contributed by atoms with van der Waals surface area (Å²) in [6.07, 6.45) is 0.820. The number of nitrogens with zero attached hydrogens (tertiary/aromatic N) is 2. The normalized spacial score (nSPS) is 19.2. The van der Waals surface area contributed by atoms with Gasteiger partial charge >= 0.3 is 6.16 Å². The summed E-state index contributed by atoms with van der Waals surface area (Å²) < 4.78 is 9.70. The summed E-state index contributed by atoms with van der Waals surface area (Å²) in [7, 11) is 0. The number of carbonyl (C=O) groups excluding carboxylic acids is 4. The Morgan fingerprint density at radius 2 is 1.78 bits per heavy atom. The van der Waals surface area contributed by atoms with Crippen LogP contribution in [0.1, 0.15) is 50.4 Å². The average molecular weight is 446 g/mol. The van der Waals surface area contributed by atoms with Gasteiger partial charge in [0.15, 0.2) is 0 Å².